The van der Waals surface area contributed by atoms with Gasteiger partial charge in [0, 0.05) is 22.8 Å². The smallest absolute Gasteiger partial charge is 0.318 e. The third-order valence-electron chi connectivity index (χ3n) is 1.79. The first-order chi connectivity index (χ1) is 7.00. The van der Waals surface area contributed by atoms with Crippen molar-refractivity contribution < 1.29 is 19.8 Å². The van der Waals surface area contributed by atoms with Crippen LogP contribution >= 0.6 is 15.9 Å². The van der Waals surface area contributed by atoms with E-state index in [1.165, 1.54) is 6.20 Å². The minimum absolute atomic E-state index is 0.121. The van der Waals surface area contributed by atoms with E-state index in [2.05, 4.69) is 20.9 Å². The van der Waals surface area contributed by atoms with Crippen molar-refractivity contribution in [3.05, 3.63) is 28.5 Å². The number of pyridine rings is 1. The Hall–Kier alpha value is -1.43. The Labute approximate surface area is 93.9 Å². The molecule has 0 amide bonds. The Morgan fingerprint density at radius 2 is 2.00 bits per heavy atom. The van der Waals surface area contributed by atoms with Crippen LogP contribution in [0.1, 0.15) is 5.69 Å². The Balaban J connectivity index is 2.83. The zero-order valence-electron chi connectivity index (χ0n) is 7.55. The molecule has 1 heterocycles. The van der Waals surface area contributed by atoms with Crippen molar-refractivity contribution in [3.8, 4) is 0 Å². The fraction of sp³-hybridized carbons (Fsp3) is 0.222. The highest BCUT2D eigenvalue weighted by molar-refractivity contribution is 9.10. The van der Waals surface area contributed by atoms with Crippen molar-refractivity contribution in [1.82, 2.24) is 4.98 Å². The molecule has 0 unspecified atom stereocenters. The fourth-order valence-corrected chi connectivity index (χ4v) is 1.43. The summed E-state index contributed by atoms with van der Waals surface area (Å²) in [6.07, 6.45) is 1.37. The molecule has 1 aromatic heterocycles. The predicted octanol–water partition coefficient (Wildman–Crippen LogP) is 1.17. The number of carboxylic acid groups (broad SMARTS) is 2. The summed E-state index contributed by atoms with van der Waals surface area (Å²) in [4.78, 5) is 25.1. The summed E-state index contributed by atoms with van der Waals surface area (Å²) < 4.78 is 0.738. The second-order valence-electron chi connectivity index (χ2n) is 2.90. The van der Waals surface area contributed by atoms with Gasteiger partial charge in [0.1, 0.15) is 0 Å². The molecular formula is C9H8BrNO4. The first-order valence-electron chi connectivity index (χ1n) is 4.06. The van der Waals surface area contributed by atoms with Crippen molar-refractivity contribution in [2.45, 2.75) is 6.42 Å². The van der Waals surface area contributed by atoms with Crippen molar-refractivity contribution in [3.63, 3.8) is 0 Å². The largest absolute Gasteiger partial charge is 0.481 e. The number of aromatic nitrogens is 1. The maximum atomic E-state index is 10.6. The molecule has 0 aliphatic rings. The number of halogens is 1. The van der Waals surface area contributed by atoms with Crippen molar-refractivity contribution in [1.29, 1.82) is 0 Å². The molecule has 0 aliphatic heterocycles. The lowest BCUT2D eigenvalue weighted by atomic mass is 10.0. The molecule has 0 spiro atoms. The molecule has 0 aromatic carbocycles. The van der Waals surface area contributed by atoms with E-state index in [1.807, 2.05) is 0 Å². The molecule has 0 saturated heterocycles. The molecule has 1 rings (SSSR count). The van der Waals surface area contributed by atoms with Gasteiger partial charge in [0.15, 0.2) is 5.92 Å². The van der Waals surface area contributed by atoms with Gasteiger partial charge in [-0.1, -0.05) is 15.9 Å². The average Bonchev–Trinajstić information content (AvgIpc) is 2.13. The topological polar surface area (TPSA) is 87.5 Å². The zero-order valence-corrected chi connectivity index (χ0v) is 9.14. The van der Waals surface area contributed by atoms with Crippen LogP contribution in [0, 0.1) is 5.92 Å². The Morgan fingerprint density at radius 3 is 2.47 bits per heavy atom. The molecule has 80 valence electrons. The summed E-state index contributed by atoms with van der Waals surface area (Å²) in [5.41, 5.74) is 0.430. The van der Waals surface area contributed by atoms with Gasteiger partial charge in [0.2, 0.25) is 0 Å². The van der Waals surface area contributed by atoms with Crippen molar-refractivity contribution in [2.24, 2.45) is 5.92 Å². The maximum Gasteiger partial charge on any atom is 0.318 e. The van der Waals surface area contributed by atoms with Crippen LogP contribution in [0.15, 0.2) is 22.8 Å². The van der Waals surface area contributed by atoms with Gasteiger partial charge in [-0.25, -0.2) is 0 Å². The standard InChI is InChI=1S/C9H8BrNO4/c10-5-1-2-11-6(3-5)4-7(8(12)13)9(14)15/h1-3,7H,4H2,(H,12,13)(H,14,15). The molecule has 0 bridgehead atoms. The van der Waals surface area contributed by atoms with Crippen LogP contribution in [-0.4, -0.2) is 27.1 Å². The lowest BCUT2D eigenvalue weighted by Crippen LogP contribution is -2.25. The summed E-state index contributed by atoms with van der Waals surface area (Å²) in [6.45, 7) is 0. The third-order valence-corrected chi connectivity index (χ3v) is 2.28. The van der Waals surface area contributed by atoms with Crippen molar-refractivity contribution >= 4 is 27.9 Å². The van der Waals surface area contributed by atoms with E-state index in [4.69, 9.17) is 10.2 Å². The Morgan fingerprint density at radius 1 is 1.40 bits per heavy atom. The van der Waals surface area contributed by atoms with E-state index in [0.717, 1.165) is 4.47 Å². The number of rotatable bonds is 4. The minimum Gasteiger partial charge on any atom is -0.481 e. The third kappa shape index (κ3) is 3.32. The molecule has 1 aromatic rings. The van der Waals surface area contributed by atoms with Crippen LogP contribution in [0.3, 0.4) is 0 Å². The summed E-state index contributed by atoms with van der Waals surface area (Å²) in [5, 5.41) is 17.3. The van der Waals surface area contributed by atoms with E-state index in [-0.39, 0.29) is 6.42 Å². The molecule has 0 atom stereocenters. The molecule has 2 N–H and O–H groups in total. The zero-order chi connectivity index (χ0) is 11.4. The molecule has 15 heavy (non-hydrogen) atoms. The van der Waals surface area contributed by atoms with Gasteiger partial charge in [-0.05, 0) is 12.1 Å². The molecular weight excluding hydrogens is 266 g/mol. The second kappa shape index (κ2) is 4.88. The molecule has 0 aliphatic carbocycles. The van der Waals surface area contributed by atoms with Gasteiger partial charge in [-0.3, -0.25) is 14.6 Å². The average molecular weight is 274 g/mol. The van der Waals surface area contributed by atoms with Crippen LogP contribution < -0.4 is 0 Å². The number of carboxylic acids is 2. The predicted molar refractivity (Wildman–Crippen MR) is 54.4 cm³/mol. The lowest BCUT2D eigenvalue weighted by molar-refractivity contribution is -0.154. The molecule has 0 saturated carbocycles. The highest BCUT2D eigenvalue weighted by Crippen LogP contribution is 2.13. The molecule has 0 fully saturated rings. The quantitative estimate of drug-likeness (QED) is 0.805. The number of hydrogen-bond donors (Lipinski definition) is 2. The highest BCUT2D eigenvalue weighted by atomic mass is 79.9. The van der Waals surface area contributed by atoms with Crippen LogP contribution in [0.4, 0.5) is 0 Å². The van der Waals surface area contributed by atoms with Crippen LogP contribution in [-0.2, 0) is 16.0 Å². The summed E-state index contributed by atoms with van der Waals surface area (Å²) in [7, 11) is 0. The number of nitrogens with zero attached hydrogens (tertiary/aromatic N) is 1. The Kier molecular flexibility index (Phi) is 3.79. The molecule has 6 heteroatoms. The normalized spacial score (nSPS) is 10.3. The van der Waals surface area contributed by atoms with E-state index >= 15 is 0 Å². The lowest BCUT2D eigenvalue weighted by Gasteiger charge is -2.06. The first kappa shape index (κ1) is 11.6. The van der Waals surface area contributed by atoms with E-state index < -0.39 is 17.9 Å². The highest BCUT2D eigenvalue weighted by Gasteiger charge is 2.26. The van der Waals surface area contributed by atoms with Gasteiger partial charge >= 0.3 is 11.9 Å². The maximum absolute atomic E-state index is 10.6. The molecule has 0 radical (unpaired) electrons. The number of hydrogen-bond acceptors (Lipinski definition) is 3. The van der Waals surface area contributed by atoms with Gasteiger partial charge < -0.3 is 10.2 Å². The van der Waals surface area contributed by atoms with Crippen LogP contribution in [0.25, 0.3) is 0 Å². The minimum atomic E-state index is -1.45. The number of carbonyl (C=O) groups is 2. The van der Waals surface area contributed by atoms with Crippen molar-refractivity contribution in [2.75, 3.05) is 0 Å². The first-order valence-corrected chi connectivity index (χ1v) is 4.86. The van der Waals surface area contributed by atoms with Gasteiger partial charge in [-0.15, -0.1) is 0 Å². The molecule has 5 nitrogen and oxygen atoms in total. The SMILES string of the molecule is O=C(O)C(Cc1cc(Br)ccn1)C(=O)O. The van der Waals surface area contributed by atoms with E-state index in [1.54, 1.807) is 12.1 Å². The van der Waals surface area contributed by atoms with Crippen LogP contribution in [0.2, 0.25) is 0 Å². The Bertz CT molecular complexity index is 379. The van der Waals surface area contributed by atoms with E-state index in [0.29, 0.717) is 5.69 Å². The summed E-state index contributed by atoms with van der Waals surface area (Å²) in [6, 6.07) is 3.28. The monoisotopic (exact) mass is 273 g/mol. The number of aliphatic carboxylic acids is 2. The summed E-state index contributed by atoms with van der Waals surface area (Å²) in [5.74, 6) is -4.17. The van der Waals surface area contributed by atoms with Gasteiger partial charge in [0.05, 0.1) is 0 Å². The van der Waals surface area contributed by atoms with E-state index in [9.17, 15) is 9.59 Å². The van der Waals surface area contributed by atoms with Gasteiger partial charge in [0.25, 0.3) is 0 Å². The van der Waals surface area contributed by atoms with Crippen LogP contribution in [0.5, 0.6) is 0 Å². The second-order valence-corrected chi connectivity index (χ2v) is 3.81. The fourth-order valence-electron chi connectivity index (χ4n) is 1.05. The van der Waals surface area contributed by atoms with Gasteiger partial charge in [-0.2, -0.15) is 0 Å². The summed E-state index contributed by atoms with van der Waals surface area (Å²) >= 11 is 3.19.